The number of rotatable bonds is 7. The van der Waals surface area contributed by atoms with Gasteiger partial charge < -0.3 is 9.64 Å². The summed E-state index contributed by atoms with van der Waals surface area (Å²) in [5.74, 6) is 0.726. The summed E-state index contributed by atoms with van der Waals surface area (Å²) in [6.45, 7) is 4.90. The second-order valence-electron chi connectivity index (χ2n) is 6.33. The number of benzene rings is 2. The second-order valence-corrected chi connectivity index (χ2v) is 7.98. The zero-order chi connectivity index (χ0) is 19.3. The molecule has 7 heteroatoms. The van der Waals surface area contributed by atoms with Gasteiger partial charge in [-0.15, -0.1) is 0 Å². The quantitative estimate of drug-likeness (QED) is 0.807. The van der Waals surface area contributed by atoms with E-state index in [0.29, 0.717) is 23.4 Å². The van der Waals surface area contributed by atoms with Gasteiger partial charge >= 0.3 is 0 Å². The smallest absolute Gasteiger partial charge is 0.262 e. The van der Waals surface area contributed by atoms with Gasteiger partial charge in [0, 0.05) is 12.2 Å². The van der Waals surface area contributed by atoms with Gasteiger partial charge in [-0.3, -0.25) is 4.72 Å². The normalized spacial score (nSPS) is 11.2. The molecule has 2 rings (SSSR count). The van der Waals surface area contributed by atoms with Gasteiger partial charge in [-0.25, -0.2) is 8.42 Å². The fourth-order valence-electron chi connectivity index (χ4n) is 2.44. The highest BCUT2D eigenvalue weighted by molar-refractivity contribution is 7.92. The molecule has 0 amide bonds. The molecule has 2 aromatic rings. The molecule has 0 bridgehead atoms. The number of nitriles is 1. The van der Waals surface area contributed by atoms with Gasteiger partial charge in [-0.1, -0.05) is 0 Å². The first-order chi connectivity index (χ1) is 12.2. The Morgan fingerprint density at radius 2 is 1.85 bits per heavy atom. The highest BCUT2D eigenvalue weighted by Gasteiger charge is 2.17. The number of hydrogen-bond acceptors (Lipinski definition) is 5. The van der Waals surface area contributed by atoms with E-state index in [2.05, 4.69) is 4.72 Å². The minimum Gasteiger partial charge on any atom is -0.492 e. The molecule has 0 aliphatic carbocycles. The highest BCUT2D eigenvalue weighted by atomic mass is 32.2. The fourth-order valence-corrected chi connectivity index (χ4v) is 3.72. The fraction of sp³-hybridized carbons (Fsp3) is 0.316. The van der Waals surface area contributed by atoms with Crippen molar-refractivity contribution in [2.24, 2.45) is 0 Å². The third kappa shape index (κ3) is 4.97. The van der Waals surface area contributed by atoms with E-state index in [1.807, 2.05) is 32.0 Å². The monoisotopic (exact) mass is 373 g/mol. The van der Waals surface area contributed by atoms with Crippen molar-refractivity contribution in [3.63, 3.8) is 0 Å². The van der Waals surface area contributed by atoms with Crippen LogP contribution < -0.4 is 9.46 Å². The molecule has 0 aromatic heterocycles. The molecule has 6 nitrogen and oxygen atoms in total. The maximum absolute atomic E-state index is 12.6. The molecule has 138 valence electrons. The molecule has 0 radical (unpaired) electrons. The number of aryl methyl sites for hydroxylation is 2. The number of sulfonamides is 1. The van der Waals surface area contributed by atoms with E-state index >= 15 is 0 Å². The van der Waals surface area contributed by atoms with Crippen molar-refractivity contribution in [2.75, 3.05) is 32.0 Å². The molecule has 2 aromatic carbocycles. The van der Waals surface area contributed by atoms with Crippen molar-refractivity contribution in [1.82, 2.24) is 4.90 Å². The molecule has 0 saturated heterocycles. The number of ether oxygens (including phenoxy) is 1. The van der Waals surface area contributed by atoms with Crippen LogP contribution in [0.25, 0.3) is 0 Å². The summed E-state index contributed by atoms with van der Waals surface area (Å²) in [5.41, 5.74) is 2.26. The zero-order valence-corrected chi connectivity index (χ0v) is 16.2. The van der Waals surface area contributed by atoms with Gasteiger partial charge in [0.05, 0.1) is 16.5 Å². The van der Waals surface area contributed by atoms with Crippen LogP contribution in [0.3, 0.4) is 0 Å². The molecule has 1 N–H and O–H groups in total. The van der Waals surface area contributed by atoms with Crippen LogP contribution in [0.1, 0.15) is 16.7 Å². The third-order valence-electron chi connectivity index (χ3n) is 3.82. The standard InChI is InChI=1S/C19H23N3O3S/c1-14-12-17(6-7-18(14)25-10-9-22(3)4)21-26(23,24)19-8-5-16(13-20)11-15(19)2/h5-8,11-12,21H,9-10H2,1-4H3. The average molecular weight is 373 g/mol. The Labute approximate surface area is 155 Å². The lowest BCUT2D eigenvalue weighted by Crippen LogP contribution is -2.19. The summed E-state index contributed by atoms with van der Waals surface area (Å²) in [7, 11) is 0.209. The topological polar surface area (TPSA) is 82.4 Å². The SMILES string of the molecule is Cc1cc(NS(=O)(=O)c2ccc(C#N)cc2C)ccc1OCCN(C)C. The molecular formula is C19H23N3O3S. The lowest BCUT2D eigenvalue weighted by atomic mass is 10.2. The number of nitrogens with zero attached hydrogens (tertiary/aromatic N) is 2. The Morgan fingerprint density at radius 3 is 2.42 bits per heavy atom. The van der Waals surface area contributed by atoms with Crippen molar-refractivity contribution in [3.05, 3.63) is 53.1 Å². The van der Waals surface area contributed by atoms with Crippen LogP contribution in [0.4, 0.5) is 5.69 Å². The molecule has 0 atom stereocenters. The first-order valence-corrected chi connectivity index (χ1v) is 9.63. The molecule has 0 heterocycles. The lowest BCUT2D eigenvalue weighted by molar-refractivity contribution is 0.260. The van der Waals surface area contributed by atoms with Crippen LogP contribution in [0.15, 0.2) is 41.3 Å². The summed E-state index contributed by atoms with van der Waals surface area (Å²) in [6, 6.07) is 11.7. The molecule has 0 saturated carbocycles. The van der Waals surface area contributed by atoms with Crippen molar-refractivity contribution < 1.29 is 13.2 Å². The van der Waals surface area contributed by atoms with Crippen LogP contribution in [0.2, 0.25) is 0 Å². The Kier molecular flexibility index (Phi) is 6.24. The van der Waals surface area contributed by atoms with E-state index in [1.54, 1.807) is 31.2 Å². The van der Waals surface area contributed by atoms with Crippen molar-refractivity contribution in [3.8, 4) is 11.8 Å². The predicted octanol–water partition coefficient (Wildman–Crippen LogP) is 2.92. The molecule has 0 aliphatic heterocycles. The number of hydrogen-bond donors (Lipinski definition) is 1. The predicted molar refractivity (Wildman–Crippen MR) is 102 cm³/mol. The van der Waals surface area contributed by atoms with E-state index in [1.165, 1.54) is 12.1 Å². The molecule has 0 spiro atoms. The largest absolute Gasteiger partial charge is 0.492 e. The third-order valence-corrected chi connectivity index (χ3v) is 5.36. The highest BCUT2D eigenvalue weighted by Crippen LogP contribution is 2.25. The first kappa shape index (κ1) is 19.8. The minimum absolute atomic E-state index is 0.153. The van der Waals surface area contributed by atoms with Crippen LogP contribution in [-0.2, 0) is 10.0 Å². The lowest BCUT2D eigenvalue weighted by Gasteiger charge is -2.15. The van der Waals surface area contributed by atoms with Crippen molar-refractivity contribution in [1.29, 1.82) is 5.26 Å². The Balaban J connectivity index is 2.17. The maximum atomic E-state index is 12.6. The Hall–Kier alpha value is -2.56. The summed E-state index contributed by atoms with van der Waals surface area (Å²) in [5, 5.41) is 8.91. The van der Waals surface area contributed by atoms with Gasteiger partial charge in [-0.05, 0) is 75.5 Å². The molecule has 0 fully saturated rings. The average Bonchev–Trinajstić information content (AvgIpc) is 2.55. The van der Waals surface area contributed by atoms with Crippen LogP contribution in [-0.4, -0.2) is 40.6 Å². The molecular weight excluding hydrogens is 350 g/mol. The van der Waals surface area contributed by atoms with Crippen LogP contribution in [0.5, 0.6) is 5.75 Å². The van der Waals surface area contributed by atoms with Crippen molar-refractivity contribution in [2.45, 2.75) is 18.7 Å². The summed E-state index contributed by atoms with van der Waals surface area (Å²) in [6.07, 6.45) is 0. The molecule has 0 unspecified atom stereocenters. The summed E-state index contributed by atoms with van der Waals surface area (Å²) < 4.78 is 33.6. The van der Waals surface area contributed by atoms with Gasteiger partial charge in [-0.2, -0.15) is 5.26 Å². The minimum atomic E-state index is -3.73. The van der Waals surface area contributed by atoms with Gasteiger partial charge in [0.15, 0.2) is 0 Å². The summed E-state index contributed by atoms with van der Waals surface area (Å²) in [4.78, 5) is 2.18. The van der Waals surface area contributed by atoms with Crippen LogP contribution >= 0.6 is 0 Å². The Morgan fingerprint density at radius 1 is 1.12 bits per heavy atom. The maximum Gasteiger partial charge on any atom is 0.262 e. The van der Waals surface area contributed by atoms with Crippen LogP contribution in [0, 0.1) is 25.2 Å². The number of anilines is 1. The van der Waals surface area contributed by atoms with E-state index in [4.69, 9.17) is 10.00 Å². The molecule has 0 aliphatic rings. The second kappa shape index (κ2) is 8.21. The number of likely N-dealkylation sites (N-methyl/N-ethyl adjacent to an activating group) is 1. The van der Waals surface area contributed by atoms with E-state index < -0.39 is 10.0 Å². The number of nitrogens with one attached hydrogen (secondary N) is 1. The first-order valence-electron chi connectivity index (χ1n) is 8.14. The van der Waals surface area contributed by atoms with Crippen molar-refractivity contribution >= 4 is 15.7 Å². The van der Waals surface area contributed by atoms with E-state index in [-0.39, 0.29) is 4.90 Å². The summed E-state index contributed by atoms with van der Waals surface area (Å²) >= 11 is 0. The van der Waals surface area contributed by atoms with Gasteiger partial charge in [0.1, 0.15) is 12.4 Å². The van der Waals surface area contributed by atoms with Gasteiger partial charge in [0.25, 0.3) is 10.0 Å². The van der Waals surface area contributed by atoms with Gasteiger partial charge in [0.2, 0.25) is 0 Å². The molecule has 26 heavy (non-hydrogen) atoms. The van der Waals surface area contributed by atoms with E-state index in [9.17, 15) is 8.42 Å². The zero-order valence-electron chi connectivity index (χ0n) is 15.4. The van der Waals surface area contributed by atoms with E-state index in [0.717, 1.165) is 17.9 Å². The Bertz CT molecular complexity index is 932.